The third-order valence-corrected chi connectivity index (χ3v) is 4.35. The SMILES string of the molecule is Cc1nc([C@H](C)NC(=O)N(Cc2ccco2)Cc2ccco2)cs1. The maximum atomic E-state index is 12.7. The molecule has 0 fully saturated rings. The standard InChI is InChI=1S/C17H19N3O3S/c1-12(16-11-24-13(2)19-16)18-17(21)20(9-14-5-3-7-22-14)10-15-6-4-8-23-15/h3-8,11-12H,9-10H2,1-2H3,(H,18,21)/t12-/m0/s1. The molecule has 0 aliphatic heterocycles. The van der Waals surface area contributed by atoms with Gasteiger partial charge in [0.1, 0.15) is 11.5 Å². The van der Waals surface area contributed by atoms with Gasteiger partial charge in [-0.25, -0.2) is 9.78 Å². The number of amides is 2. The van der Waals surface area contributed by atoms with E-state index < -0.39 is 0 Å². The summed E-state index contributed by atoms with van der Waals surface area (Å²) in [5.74, 6) is 1.43. The van der Waals surface area contributed by atoms with E-state index in [2.05, 4.69) is 10.3 Å². The molecule has 0 aromatic carbocycles. The van der Waals surface area contributed by atoms with Crippen LogP contribution in [0.25, 0.3) is 0 Å². The number of nitrogens with zero attached hydrogens (tertiary/aromatic N) is 2. The van der Waals surface area contributed by atoms with Crippen molar-refractivity contribution in [3.63, 3.8) is 0 Å². The highest BCUT2D eigenvalue weighted by Crippen LogP contribution is 2.17. The normalized spacial score (nSPS) is 12.1. The van der Waals surface area contributed by atoms with Crippen molar-refractivity contribution in [2.45, 2.75) is 33.0 Å². The molecule has 0 radical (unpaired) electrons. The lowest BCUT2D eigenvalue weighted by molar-refractivity contribution is 0.179. The Hall–Kier alpha value is -2.54. The van der Waals surface area contributed by atoms with Crippen LogP contribution in [0.1, 0.15) is 35.2 Å². The molecule has 0 spiro atoms. The summed E-state index contributed by atoms with van der Waals surface area (Å²) in [4.78, 5) is 18.8. The molecule has 0 saturated carbocycles. The van der Waals surface area contributed by atoms with Crippen molar-refractivity contribution in [3.8, 4) is 0 Å². The van der Waals surface area contributed by atoms with Crippen molar-refractivity contribution in [1.29, 1.82) is 0 Å². The molecule has 0 aliphatic rings. The van der Waals surface area contributed by atoms with E-state index in [1.807, 2.05) is 31.4 Å². The highest BCUT2D eigenvalue weighted by Gasteiger charge is 2.20. The molecule has 3 aromatic rings. The van der Waals surface area contributed by atoms with Gasteiger partial charge in [-0.15, -0.1) is 11.3 Å². The molecule has 6 nitrogen and oxygen atoms in total. The maximum absolute atomic E-state index is 12.7. The topological polar surface area (TPSA) is 71.5 Å². The van der Waals surface area contributed by atoms with E-state index in [0.29, 0.717) is 24.6 Å². The van der Waals surface area contributed by atoms with Gasteiger partial charge in [0.05, 0.1) is 42.4 Å². The highest BCUT2D eigenvalue weighted by molar-refractivity contribution is 7.09. The van der Waals surface area contributed by atoms with Crippen LogP contribution >= 0.6 is 11.3 Å². The summed E-state index contributed by atoms with van der Waals surface area (Å²) >= 11 is 1.57. The molecule has 7 heteroatoms. The van der Waals surface area contributed by atoms with Gasteiger partial charge in [-0.1, -0.05) is 0 Å². The molecule has 3 aromatic heterocycles. The van der Waals surface area contributed by atoms with Gasteiger partial charge < -0.3 is 19.1 Å². The van der Waals surface area contributed by atoms with E-state index >= 15 is 0 Å². The summed E-state index contributed by atoms with van der Waals surface area (Å²) in [5.41, 5.74) is 0.863. The maximum Gasteiger partial charge on any atom is 0.318 e. The molecule has 0 unspecified atom stereocenters. The lowest BCUT2D eigenvalue weighted by Crippen LogP contribution is -2.40. The van der Waals surface area contributed by atoms with Crippen LogP contribution in [0.2, 0.25) is 0 Å². The van der Waals surface area contributed by atoms with Crippen LogP contribution in [0.5, 0.6) is 0 Å². The van der Waals surface area contributed by atoms with E-state index in [0.717, 1.165) is 10.7 Å². The fourth-order valence-electron chi connectivity index (χ4n) is 2.31. The fraction of sp³-hybridized carbons (Fsp3) is 0.294. The number of aryl methyl sites for hydroxylation is 1. The number of aromatic nitrogens is 1. The molecule has 0 bridgehead atoms. The molecular formula is C17H19N3O3S. The zero-order chi connectivity index (χ0) is 16.9. The first-order valence-corrected chi connectivity index (χ1v) is 8.52. The van der Waals surface area contributed by atoms with Gasteiger partial charge >= 0.3 is 6.03 Å². The molecule has 3 rings (SSSR count). The first-order chi connectivity index (χ1) is 11.6. The zero-order valence-electron chi connectivity index (χ0n) is 13.6. The van der Waals surface area contributed by atoms with Gasteiger partial charge in [-0.2, -0.15) is 0 Å². The number of urea groups is 1. The number of nitrogens with one attached hydrogen (secondary N) is 1. The van der Waals surface area contributed by atoms with Crippen LogP contribution in [0.3, 0.4) is 0 Å². The number of thiazole rings is 1. The minimum Gasteiger partial charge on any atom is -0.467 e. The summed E-state index contributed by atoms with van der Waals surface area (Å²) in [7, 11) is 0. The zero-order valence-corrected chi connectivity index (χ0v) is 14.4. The second-order valence-corrected chi connectivity index (χ2v) is 6.54. The van der Waals surface area contributed by atoms with E-state index in [1.165, 1.54) is 0 Å². The number of hydrogen-bond acceptors (Lipinski definition) is 5. The van der Waals surface area contributed by atoms with E-state index in [9.17, 15) is 4.79 Å². The molecule has 1 N–H and O–H groups in total. The number of carbonyl (C=O) groups excluding carboxylic acids is 1. The Bertz CT molecular complexity index is 729. The summed E-state index contributed by atoms with van der Waals surface area (Å²) in [5, 5.41) is 5.92. The fourth-order valence-corrected chi connectivity index (χ4v) is 3.02. The van der Waals surface area contributed by atoms with Crippen LogP contribution in [0.4, 0.5) is 4.79 Å². The van der Waals surface area contributed by atoms with Gasteiger partial charge in [-0.3, -0.25) is 0 Å². The Labute approximate surface area is 144 Å². The number of carbonyl (C=O) groups is 1. The minimum atomic E-state index is -0.194. The van der Waals surface area contributed by atoms with Crippen molar-refractivity contribution in [2.75, 3.05) is 0 Å². The van der Waals surface area contributed by atoms with E-state index in [-0.39, 0.29) is 12.1 Å². The Kier molecular flexibility index (Phi) is 5.00. The van der Waals surface area contributed by atoms with Crippen LogP contribution in [-0.2, 0) is 13.1 Å². The van der Waals surface area contributed by atoms with Crippen molar-refractivity contribution < 1.29 is 13.6 Å². The van der Waals surface area contributed by atoms with E-state index in [1.54, 1.807) is 40.9 Å². The summed E-state index contributed by atoms with van der Waals surface area (Å²) in [6.07, 6.45) is 3.19. The van der Waals surface area contributed by atoms with Crippen LogP contribution < -0.4 is 5.32 Å². The third-order valence-electron chi connectivity index (χ3n) is 3.56. The molecule has 3 heterocycles. The van der Waals surface area contributed by atoms with Crippen molar-refractivity contribution in [2.24, 2.45) is 0 Å². The molecule has 24 heavy (non-hydrogen) atoms. The van der Waals surface area contributed by atoms with Crippen molar-refractivity contribution in [1.82, 2.24) is 15.2 Å². The average molecular weight is 345 g/mol. The summed E-state index contributed by atoms with van der Waals surface area (Å²) in [6, 6.07) is 6.93. The summed E-state index contributed by atoms with van der Waals surface area (Å²) in [6.45, 7) is 4.60. The quantitative estimate of drug-likeness (QED) is 0.730. The molecular weight excluding hydrogens is 326 g/mol. The van der Waals surface area contributed by atoms with E-state index in [4.69, 9.17) is 8.83 Å². The molecule has 2 amide bonds. The van der Waals surface area contributed by atoms with Crippen LogP contribution in [-0.4, -0.2) is 15.9 Å². The first-order valence-electron chi connectivity index (χ1n) is 7.64. The number of furan rings is 2. The Morgan fingerprint density at radius 3 is 2.33 bits per heavy atom. The van der Waals surface area contributed by atoms with Crippen molar-refractivity contribution in [3.05, 3.63) is 64.4 Å². The highest BCUT2D eigenvalue weighted by atomic mass is 32.1. The van der Waals surface area contributed by atoms with Crippen LogP contribution in [0.15, 0.2) is 51.0 Å². The second-order valence-electron chi connectivity index (χ2n) is 5.48. The largest absolute Gasteiger partial charge is 0.467 e. The smallest absolute Gasteiger partial charge is 0.318 e. The average Bonchev–Trinajstić information content (AvgIpc) is 3.28. The Balaban J connectivity index is 1.69. The first kappa shape index (κ1) is 16.3. The lowest BCUT2D eigenvalue weighted by atomic mass is 10.2. The van der Waals surface area contributed by atoms with Gasteiger partial charge in [0.15, 0.2) is 0 Å². The Morgan fingerprint density at radius 1 is 1.25 bits per heavy atom. The minimum absolute atomic E-state index is 0.168. The van der Waals surface area contributed by atoms with Gasteiger partial charge in [0.25, 0.3) is 0 Å². The van der Waals surface area contributed by atoms with Crippen LogP contribution in [0, 0.1) is 6.92 Å². The number of hydrogen-bond donors (Lipinski definition) is 1. The predicted octanol–water partition coefficient (Wildman–Crippen LogP) is 4.11. The Morgan fingerprint density at radius 2 is 1.88 bits per heavy atom. The summed E-state index contributed by atoms with van der Waals surface area (Å²) < 4.78 is 10.7. The molecule has 1 atom stereocenters. The predicted molar refractivity (Wildman–Crippen MR) is 90.5 cm³/mol. The number of rotatable bonds is 6. The second kappa shape index (κ2) is 7.35. The molecule has 126 valence electrons. The lowest BCUT2D eigenvalue weighted by Gasteiger charge is -2.23. The van der Waals surface area contributed by atoms with Crippen molar-refractivity contribution >= 4 is 17.4 Å². The van der Waals surface area contributed by atoms with Gasteiger partial charge in [0, 0.05) is 5.38 Å². The molecule has 0 saturated heterocycles. The van der Waals surface area contributed by atoms with Gasteiger partial charge in [0.2, 0.25) is 0 Å². The third kappa shape index (κ3) is 4.05. The molecule has 0 aliphatic carbocycles. The van der Waals surface area contributed by atoms with Gasteiger partial charge in [-0.05, 0) is 38.1 Å². The monoisotopic (exact) mass is 345 g/mol.